The number of hydrogen-bond acceptors (Lipinski definition) is 6. The predicted molar refractivity (Wildman–Crippen MR) is 45.9 cm³/mol. The van der Waals surface area contributed by atoms with E-state index in [2.05, 4.69) is 9.97 Å². The molecule has 0 fully saturated rings. The molecule has 0 saturated heterocycles. The number of aliphatic hydroxyl groups is 1. The molecule has 0 radical (unpaired) electrons. The summed E-state index contributed by atoms with van der Waals surface area (Å²) in [6.07, 6.45) is 1.46. The number of nitro groups is 1. The van der Waals surface area contributed by atoms with Crippen LogP contribution in [0.3, 0.4) is 0 Å². The molecule has 1 aromatic rings. The van der Waals surface area contributed by atoms with Crippen molar-refractivity contribution in [2.75, 3.05) is 6.61 Å². The molecular formula is C7H9N3O4. The van der Waals surface area contributed by atoms with E-state index in [1.165, 1.54) is 0 Å². The van der Waals surface area contributed by atoms with Crippen molar-refractivity contribution in [2.24, 2.45) is 0 Å². The van der Waals surface area contributed by atoms with Crippen molar-refractivity contribution < 1.29 is 14.8 Å². The molecule has 76 valence electrons. The molecule has 7 nitrogen and oxygen atoms in total. The van der Waals surface area contributed by atoms with Crippen molar-refractivity contribution in [1.82, 2.24) is 9.97 Å². The van der Waals surface area contributed by atoms with E-state index in [0.717, 1.165) is 12.4 Å². The Kier molecular flexibility index (Phi) is 3.29. The summed E-state index contributed by atoms with van der Waals surface area (Å²) in [5, 5.41) is 19.1. The van der Waals surface area contributed by atoms with Crippen LogP contribution in [0.1, 0.15) is 6.92 Å². The van der Waals surface area contributed by atoms with Crippen LogP contribution in [0.2, 0.25) is 0 Å². The van der Waals surface area contributed by atoms with Gasteiger partial charge in [0.15, 0.2) is 0 Å². The summed E-state index contributed by atoms with van der Waals surface area (Å²) in [6, 6.07) is 0.0106. The van der Waals surface area contributed by atoms with E-state index in [9.17, 15) is 10.1 Å². The molecule has 0 amide bonds. The minimum absolute atomic E-state index is 0.0106. The summed E-state index contributed by atoms with van der Waals surface area (Å²) in [5.74, 6) is 0. The molecule has 1 atom stereocenters. The molecule has 0 bridgehead atoms. The Balaban J connectivity index is 2.60. The minimum atomic E-state index is -0.631. The fourth-order valence-corrected chi connectivity index (χ4v) is 0.673. The van der Waals surface area contributed by atoms with E-state index in [1.54, 1.807) is 6.92 Å². The summed E-state index contributed by atoms with van der Waals surface area (Å²) in [7, 11) is 0. The standard InChI is InChI=1S/C7H9N3O4/c1-5(11)4-14-7-8-2-6(3-9-7)10(12)13/h2-3,5,11H,4H2,1H3. The first-order valence-corrected chi connectivity index (χ1v) is 3.87. The molecule has 7 heteroatoms. The fraction of sp³-hybridized carbons (Fsp3) is 0.429. The number of nitrogens with zero attached hydrogens (tertiary/aromatic N) is 3. The Morgan fingerprint density at radius 3 is 2.64 bits per heavy atom. The average molecular weight is 199 g/mol. The summed E-state index contributed by atoms with van der Waals surface area (Å²) < 4.78 is 4.91. The van der Waals surface area contributed by atoms with Crippen molar-refractivity contribution >= 4 is 5.69 Å². The largest absolute Gasteiger partial charge is 0.461 e. The Labute approximate surface area is 79.5 Å². The van der Waals surface area contributed by atoms with E-state index in [0.29, 0.717) is 0 Å². The predicted octanol–water partition coefficient (Wildman–Crippen LogP) is 0.144. The zero-order valence-electron chi connectivity index (χ0n) is 7.45. The second kappa shape index (κ2) is 4.47. The second-order valence-corrected chi connectivity index (χ2v) is 2.64. The molecule has 1 aromatic heterocycles. The molecule has 1 N–H and O–H groups in total. The molecule has 0 aliphatic rings. The van der Waals surface area contributed by atoms with Gasteiger partial charge < -0.3 is 9.84 Å². The lowest BCUT2D eigenvalue weighted by Gasteiger charge is -2.04. The van der Waals surface area contributed by atoms with E-state index >= 15 is 0 Å². The van der Waals surface area contributed by atoms with Crippen LogP contribution in [0.25, 0.3) is 0 Å². The Bertz CT molecular complexity index is 311. The van der Waals surface area contributed by atoms with Gasteiger partial charge in [-0.2, -0.15) is 9.97 Å². The third-order valence-corrected chi connectivity index (χ3v) is 1.28. The fourth-order valence-electron chi connectivity index (χ4n) is 0.673. The van der Waals surface area contributed by atoms with Crippen LogP contribution in [0.15, 0.2) is 12.4 Å². The Morgan fingerprint density at radius 2 is 2.21 bits per heavy atom. The molecule has 1 rings (SSSR count). The van der Waals surface area contributed by atoms with Gasteiger partial charge in [-0.1, -0.05) is 0 Å². The van der Waals surface area contributed by atoms with Gasteiger partial charge >= 0.3 is 11.7 Å². The molecule has 0 aromatic carbocycles. The van der Waals surface area contributed by atoms with Crippen LogP contribution in [0, 0.1) is 10.1 Å². The van der Waals surface area contributed by atoms with Gasteiger partial charge in [-0.25, -0.2) is 0 Å². The summed E-state index contributed by atoms with van der Waals surface area (Å²) in [5.41, 5.74) is -0.200. The van der Waals surface area contributed by atoms with Gasteiger partial charge in [0.25, 0.3) is 0 Å². The number of rotatable bonds is 4. The van der Waals surface area contributed by atoms with E-state index in [1.807, 2.05) is 0 Å². The SMILES string of the molecule is CC(O)COc1ncc([N+](=O)[O-])cn1. The lowest BCUT2D eigenvalue weighted by Crippen LogP contribution is -2.14. The first-order valence-electron chi connectivity index (χ1n) is 3.87. The zero-order chi connectivity index (χ0) is 10.6. The first kappa shape index (κ1) is 10.3. The third kappa shape index (κ3) is 2.94. The van der Waals surface area contributed by atoms with Gasteiger partial charge in [0, 0.05) is 0 Å². The van der Waals surface area contributed by atoms with Gasteiger partial charge in [0.2, 0.25) is 0 Å². The number of hydrogen-bond donors (Lipinski definition) is 1. The maximum absolute atomic E-state index is 10.2. The van der Waals surface area contributed by atoms with Crippen LogP contribution < -0.4 is 4.74 Å². The number of aliphatic hydroxyl groups excluding tert-OH is 1. The molecule has 1 unspecified atom stereocenters. The maximum atomic E-state index is 10.2. The van der Waals surface area contributed by atoms with E-state index < -0.39 is 11.0 Å². The van der Waals surface area contributed by atoms with E-state index in [-0.39, 0.29) is 18.3 Å². The molecule has 14 heavy (non-hydrogen) atoms. The van der Waals surface area contributed by atoms with Crippen LogP contribution in [0.4, 0.5) is 5.69 Å². The number of aromatic nitrogens is 2. The minimum Gasteiger partial charge on any atom is -0.461 e. The van der Waals surface area contributed by atoms with Gasteiger partial charge in [-0.3, -0.25) is 10.1 Å². The summed E-state index contributed by atoms with van der Waals surface area (Å²) >= 11 is 0. The highest BCUT2D eigenvalue weighted by Crippen LogP contribution is 2.09. The van der Waals surface area contributed by atoms with Crippen molar-refractivity contribution in [1.29, 1.82) is 0 Å². The smallest absolute Gasteiger partial charge is 0.316 e. The lowest BCUT2D eigenvalue weighted by molar-refractivity contribution is -0.385. The Hall–Kier alpha value is -1.76. The van der Waals surface area contributed by atoms with Crippen molar-refractivity contribution in [3.05, 3.63) is 22.5 Å². The molecule has 0 aliphatic carbocycles. The van der Waals surface area contributed by atoms with Crippen molar-refractivity contribution in [2.45, 2.75) is 13.0 Å². The quantitative estimate of drug-likeness (QED) is 0.547. The summed E-state index contributed by atoms with van der Waals surface area (Å²) in [4.78, 5) is 16.8. The average Bonchev–Trinajstić information content (AvgIpc) is 2.15. The highest BCUT2D eigenvalue weighted by atomic mass is 16.6. The third-order valence-electron chi connectivity index (χ3n) is 1.28. The molecule has 1 heterocycles. The van der Waals surface area contributed by atoms with Gasteiger partial charge in [-0.05, 0) is 6.92 Å². The first-order chi connectivity index (χ1) is 6.59. The van der Waals surface area contributed by atoms with Crippen LogP contribution in [-0.4, -0.2) is 32.7 Å². The van der Waals surface area contributed by atoms with Gasteiger partial charge in [-0.15, -0.1) is 0 Å². The Morgan fingerprint density at radius 1 is 1.64 bits per heavy atom. The van der Waals surface area contributed by atoms with Crippen LogP contribution >= 0.6 is 0 Å². The molecule has 0 spiro atoms. The molecule has 0 saturated carbocycles. The van der Waals surface area contributed by atoms with Crippen LogP contribution in [0.5, 0.6) is 6.01 Å². The molecule has 0 aliphatic heterocycles. The highest BCUT2D eigenvalue weighted by Gasteiger charge is 2.07. The van der Waals surface area contributed by atoms with Gasteiger partial charge in [0.05, 0.1) is 11.0 Å². The van der Waals surface area contributed by atoms with Crippen LogP contribution in [-0.2, 0) is 0 Å². The zero-order valence-corrected chi connectivity index (χ0v) is 7.45. The number of ether oxygens (including phenoxy) is 1. The molecular weight excluding hydrogens is 190 g/mol. The normalized spacial score (nSPS) is 12.1. The van der Waals surface area contributed by atoms with Crippen molar-refractivity contribution in [3.63, 3.8) is 0 Å². The van der Waals surface area contributed by atoms with Gasteiger partial charge in [0.1, 0.15) is 19.0 Å². The maximum Gasteiger partial charge on any atom is 0.316 e. The summed E-state index contributed by atoms with van der Waals surface area (Å²) in [6.45, 7) is 1.60. The second-order valence-electron chi connectivity index (χ2n) is 2.64. The van der Waals surface area contributed by atoms with Crippen molar-refractivity contribution in [3.8, 4) is 6.01 Å². The highest BCUT2D eigenvalue weighted by molar-refractivity contribution is 5.21. The monoisotopic (exact) mass is 199 g/mol. The lowest BCUT2D eigenvalue weighted by atomic mass is 10.4. The van der Waals surface area contributed by atoms with E-state index in [4.69, 9.17) is 9.84 Å². The topological polar surface area (TPSA) is 98.4 Å².